The molecule has 0 bridgehead atoms. The highest BCUT2D eigenvalue weighted by atomic mass is 32.2. The minimum absolute atomic E-state index is 0.0859. The number of carbonyl (C=O) groups excluding carboxylic acids is 1. The summed E-state index contributed by atoms with van der Waals surface area (Å²) in [6, 6.07) is 16.5. The summed E-state index contributed by atoms with van der Waals surface area (Å²) in [6.45, 7) is 6.25. The molecule has 0 saturated heterocycles. The molecule has 0 aliphatic heterocycles. The number of hydrogen-bond acceptors (Lipinski definition) is 6. The van der Waals surface area contributed by atoms with E-state index in [0.29, 0.717) is 5.13 Å². The van der Waals surface area contributed by atoms with Crippen LogP contribution in [0.25, 0.3) is 10.2 Å². The van der Waals surface area contributed by atoms with Gasteiger partial charge in [-0.3, -0.25) is 14.7 Å². The minimum Gasteiger partial charge on any atom is -0.282 e. The van der Waals surface area contributed by atoms with E-state index in [-0.39, 0.29) is 35.9 Å². The normalized spacial score (nSPS) is 11.6. The predicted molar refractivity (Wildman–Crippen MR) is 137 cm³/mol. The molecule has 0 saturated carbocycles. The zero-order chi connectivity index (χ0) is 24.3. The number of nitrogens with zero attached hydrogens (tertiary/aromatic N) is 3. The van der Waals surface area contributed by atoms with E-state index >= 15 is 0 Å². The highest BCUT2D eigenvalue weighted by Crippen LogP contribution is 2.33. The lowest BCUT2D eigenvalue weighted by molar-refractivity contribution is -0.118. The quantitative estimate of drug-likeness (QED) is 0.328. The molecule has 0 unspecified atom stereocenters. The van der Waals surface area contributed by atoms with Crippen molar-refractivity contribution < 1.29 is 13.2 Å². The number of hydrogen-bond donors (Lipinski definition) is 0. The first-order chi connectivity index (χ1) is 16.2. The molecule has 0 radical (unpaired) electrons. The Bertz CT molecular complexity index is 1410. The van der Waals surface area contributed by atoms with Crippen LogP contribution in [0.5, 0.6) is 0 Å². The van der Waals surface area contributed by atoms with Crippen LogP contribution in [-0.2, 0) is 21.2 Å². The largest absolute Gasteiger partial charge is 0.282 e. The minimum atomic E-state index is -3.45. The molecule has 4 rings (SSSR count). The van der Waals surface area contributed by atoms with E-state index in [0.717, 1.165) is 32.6 Å². The molecule has 0 N–H and O–H groups in total. The van der Waals surface area contributed by atoms with Crippen LogP contribution in [0.2, 0.25) is 0 Å². The highest BCUT2D eigenvalue weighted by molar-refractivity contribution is 7.91. The lowest BCUT2D eigenvalue weighted by Crippen LogP contribution is -2.30. The zero-order valence-corrected chi connectivity index (χ0v) is 21.1. The van der Waals surface area contributed by atoms with Gasteiger partial charge in [0.25, 0.3) is 0 Å². The molecule has 0 atom stereocenters. The Kier molecular flexibility index (Phi) is 7.09. The molecule has 1 amide bonds. The van der Waals surface area contributed by atoms with Gasteiger partial charge >= 0.3 is 0 Å². The molecule has 2 heterocycles. The fourth-order valence-electron chi connectivity index (χ4n) is 3.80. The van der Waals surface area contributed by atoms with Gasteiger partial charge < -0.3 is 0 Å². The van der Waals surface area contributed by atoms with E-state index in [1.807, 2.05) is 39.0 Å². The van der Waals surface area contributed by atoms with Gasteiger partial charge in [0.2, 0.25) is 5.91 Å². The third kappa shape index (κ3) is 5.51. The molecule has 0 aliphatic rings. The van der Waals surface area contributed by atoms with Crippen LogP contribution in [0.4, 0.5) is 5.13 Å². The van der Waals surface area contributed by atoms with Crippen molar-refractivity contribution in [2.75, 3.05) is 10.7 Å². The highest BCUT2D eigenvalue weighted by Gasteiger charge is 2.22. The lowest BCUT2D eigenvalue weighted by atomic mass is 10.1. The predicted octanol–water partition coefficient (Wildman–Crippen LogP) is 5.40. The SMILES string of the molecule is Cc1ccc(S(=O)(=O)CCCC(=O)N(Cc2ccccn2)c2nc3c(C)cc(C)cc3s2)cc1. The van der Waals surface area contributed by atoms with Gasteiger partial charge in [-0.15, -0.1) is 0 Å². The second-order valence-electron chi connectivity index (χ2n) is 8.46. The fraction of sp³-hybridized carbons (Fsp3) is 0.269. The second kappa shape index (κ2) is 10.0. The summed E-state index contributed by atoms with van der Waals surface area (Å²) in [4.78, 5) is 24.4. The van der Waals surface area contributed by atoms with Crippen molar-refractivity contribution in [1.29, 1.82) is 0 Å². The van der Waals surface area contributed by atoms with Crippen LogP contribution in [0, 0.1) is 20.8 Å². The zero-order valence-electron chi connectivity index (χ0n) is 19.5. The summed E-state index contributed by atoms with van der Waals surface area (Å²) < 4.78 is 26.4. The first-order valence-electron chi connectivity index (χ1n) is 11.1. The number of rotatable bonds is 8. The number of thiazole rings is 1. The van der Waals surface area contributed by atoms with Gasteiger partial charge in [-0.25, -0.2) is 13.4 Å². The molecule has 2 aromatic carbocycles. The van der Waals surface area contributed by atoms with Gasteiger partial charge in [0.05, 0.1) is 33.1 Å². The molecule has 176 valence electrons. The van der Waals surface area contributed by atoms with E-state index in [1.54, 1.807) is 35.4 Å². The Hall–Kier alpha value is -3.10. The summed E-state index contributed by atoms with van der Waals surface area (Å²) in [6.07, 6.45) is 2.03. The van der Waals surface area contributed by atoms with Crippen LogP contribution in [0.1, 0.15) is 35.2 Å². The van der Waals surface area contributed by atoms with Crippen molar-refractivity contribution in [2.45, 2.75) is 45.1 Å². The van der Waals surface area contributed by atoms with Crippen molar-refractivity contribution in [3.8, 4) is 0 Å². The van der Waals surface area contributed by atoms with Gasteiger partial charge in [0, 0.05) is 12.6 Å². The van der Waals surface area contributed by atoms with Crippen LogP contribution in [-0.4, -0.2) is 30.0 Å². The lowest BCUT2D eigenvalue weighted by Gasteiger charge is -2.19. The van der Waals surface area contributed by atoms with Gasteiger partial charge in [-0.2, -0.15) is 0 Å². The Labute approximate surface area is 204 Å². The summed E-state index contributed by atoms with van der Waals surface area (Å²) in [5.41, 5.74) is 4.83. The van der Waals surface area contributed by atoms with Crippen molar-refractivity contribution in [3.63, 3.8) is 0 Å². The summed E-state index contributed by atoms with van der Waals surface area (Å²) >= 11 is 1.47. The average molecular weight is 494 g/mol. The summed E-state index contributed by atoms with van der Waals surface area (Å²) in [7, 11) is -3.45. The number of pyridine rings is 1. The fourth-order valence-corrected chi connectivity index (χ4v) is 6.27. The van der Waals surface area contributed by atoms with Crippen LogP contribution >= 0.6 is 11.3 Å². The molecule has 4 aromatic rings. The maximum absolute atomic E-state index is 13.3. The third-order valence-corrected chi connectivity index (χ3v) is 8.42. The van der Waals surface area contributed by atoms with Crippen LogP contribution in [0.15, 0.2) is 65.7 Å². The summed E-state index contributed by atoms with van der Waals surface area (Å²) in [5, 5.41) is 0.598. The van der Waals surface area contributed by atoms with Crippen LogP contribution < -0.4 is 4.90 Å². The second-order valence-corrected chi connectivity index (χ2v) is 11.6. The van der Waals surface area contributed by atoms with E-state index < -0.39 is 9.84 Å². The molecule has 2 aromatic heterocycles. The molecule has 0 aliphatic carbocycles. The van der Waals surface area contributed by atoms with Crippen molar-refractivity contribution in [3.05, 3.63) is 83.2 Å². The Morgan fingerprint density at radius 3 is 2.47 bits per heavy atom. The van der Waals surface area contributed by atoms with E-state index in [2.05, 4.69) is 17.1 Å². The van der Waals surface area contributed by atoms with E-state index in [1.165, 1.54) is 11.3 Å². The molecule has 6 nitrogen and oxygen atoms in total. The smallest absolute Gasteiger partial charge is 0.229 e. The molecule has 0 spiro atoms. The number of anilines is 1. The molecule has 34 heavy (non-hydrogen) atoms. The molecular formula is C26H27N3O3S2. The molecule has 8 heteroatoms. The third-order valence-electron chi connectivity index (χ3n) is 5.58. The number of carbonyl (C=O) groups is 1. The molecular weight excluding hydrogens is 466 g/mol. The Balaban J connectivity index is 1.55. The number of sulfone groups is 1. The number of amides is 1. The molecule has 0 fully saturated rings. The standard InChI is InChI=1S/C26H27N3O3S2/c1-18-9-11-22(12-10-18)34(31,32)14-6-8-24(30)29(17-21-7-4-5-13-27-21)26-28-25-20(3)15-19(2)16-23(25)33-26/h4-5,7,9-13,15-16H,6,8,14,17H2,1-3H3. The van der Waals surface area contributed by atoms with Gasteiger partial charge in [0.15, 0.2) is 15.0 Å². The van der Waals surface area contributed by atoms with Crippen molar-refractivity contribution >= 4 is 42.4 Å². The van der Waals surface area contributed by atoms with Gasteiger partial charge in [-0.1, -0.05) is 41.2 Å². The number of aryl methyl sites for hydroxylation is 3. The Morgan fingerprint density at radius 1 is 1.00 bits per heavy atom. The number of fused-ring (bicyclic) bond motifs is 1. The number of benzene rings is 2. The maximum atomic E-state index is 13.3. The monoisotopic (exact) mass is 493 g/mol. The summed E-state index contributed by atoms with van der Waals surface area (Å²) in [5.74, 6) is -0.254. The first kappa shape index (κ1) is 24.0. The number of aromatic nitrogens is 2. The first-order valence-corrected chi connectivity index (χ1v) is 13.6. The topological polar surface area (TPSA) is 80.2 Å². The van der Waals surface area contributed by atoms with Crippen LogP contribution in [0.3, 0.4) is 0 Å². The maximum Gasteiger partial charge on any atom is 0.229 e. The average Bonchev–Trinajstić information content (AvgIpc) is 3.22. The van der Waals surface area contributed by atoms with E-state index in [4.69, 9.17) is 4.98 Å². The van der Waals surface area contributed by atoms with E-state index in [9.17, 15) is 13.2 Å². The van der Waals surface area contributed by atoms with Gasteiger partial charge in [-0.05, 0) is 68.7 Å². The van der Waals surface area contributed by atoms with Gasteiger partial charge in [0.1, 0.15) is 0 Å². The Morgan fingerprint density at radius 2 is 1.76 bits per heavy atom. The van der Waals surface area contributed by atoms with Crippen molar-refractivity contribution in [1.82, 2.24) is 9.97 Å². The van der Waals surface area contributed by atoms with Crippen molar-refractivity contribution in [2.24, 2.45) is 0 Å².